The molecule has 2 heterocycles. The first-order chi connectivity index (χ1) is 31.1. The Hall–Kier alpha value is -2.86. The lowest BCUT2D eigenvalue weighted by atomic mass is 9.33. The summed E-state index contributed by atoms with van der Waals surface area (Å²) in [6.45, 7) is 13.8. The molecular weight excluding hydrogens is 884 g/mol. The monoisotopic (exact) mass is 956 g/mol. The van der Waals surface area contributed by atoms with E-state index in [-0.39, 0.29) is 39.4 Å². The highest BCUT2D eigenvalue weighted by Crippen LogP contribution is 2.76. The lowest BCUT2D eigenvalue weighted by molar-refractivity contribution is -0.345. The molecular formula is C47H72O20. The fraction of sp³-hybridized carbons (Fsp3) is 0.872. The molecule has 20 atom stereocenters. The number of esters is 1. The highest BCUT2D eigenvalue weighted by Gasteiger charge is 2.70. The normalized spacial score (nSPS) is 46.5. The van der Waals surface area contributed by atoms with Crippen LogP contribution in [-0.2, 0) is 47.6 Å². The van der Waals surface area contributed by atoms with Crippen molar-refractivity contribution in [3.05, 3.63) is 11.6 Å². The van der Waals surface area contributed by atoms with E-state index in [1.54, 1.807) is 0 Å². The Kier molecular flexibility index (Phi) is 14.3. The molecule has 0 amide bonds. The minimum Gasteiger partial charge on any atom is -0.480 e. The van der Waals surface area contributed by atoms with Gasteiger partial charge in [0.05, 0.1) is 18.1 Å². The maximum Gasteiger partial charge on any atom is 0.337 e. The number of aliphatic carboxylic acids is 3. The molecule has 20 unspecified atom stereocenters. The zero-order chi connectivity index (χ0) is 49.6. The van der Waals surface area contributed by atoms with E-state index in [1.807, 2.05) is 0 Å². The van der Waals surface area contributed by atoms with Crippen molar-refractivity contribution in [3.63, 3.8) is 0 Å². The molecule has 67 heavy (non-hydrogen) atoms. The number of rotatable bonds is 13. The van der Waals surface area contributed by atoms with Crippen LogP contribution in [0.25, 0.3) is 0 Å². The van der Waals surface area contributed by atoms with Crippen LogP contribution >= 0.6 is 0 Å². The molecule has 0 aromatic carbocycles. The van der Waals surface area contributed by atoms with Gasteiger partial charge in [0.1, 0.15) is 49.3 Å². The van der Waals surface area contributed by atoms with Crippen LogP contribution in [0, 0.1) is 50.2 Å². The number of aliphatic hydroxyl groups is 7. The number of carbonyl (C=O) groups excluding carboxylic acids is 1. The molecule has 380 valence electrons. The third-order valence-electron chi connectivity index (χ3n) is 18.3. The third-order valence-corrected chi connectivity index (χ3v) is 18.3. The zero-order valence-electron chi connectivity index (χ0n) is 39.4. The minimum atomic E-state index is -2.48. The maximum atomic E-state index is 14.7. The third kappa shape index (κ3) is 8.65. The Morgan fingerprint density at radius 2 is 1.45 bits per heavy atom. The molecule has 7 aliphatic rings. The smallest absolute Gasteiger partial charge is 0.337 e. The van der Waals surface area contributed by atoms with Crippen LogP contribution in [0.15, 0.2) is 11.6 Å². The fourth-order valence-corrected chi connectivity index (χ4v) is 14.3. The van der Waals surface area contributed by atoms with E-state index in [4.69, 9.17) is 33.5 Å². The van der Waals surface area contributed by atoms with Gasteiger partial charge >= 0.3 is 23.9 Å². The first kappa shape index (κ1) is 52.0. The molecule has 2 saturated heterocycles. The summed E-state index contributed by atoms with van der Waals surface area (Å²) in [6.07, 6.45) is -13.8. The summed E-state index contributed by atoms with van der Waals surface area (Å²) < 4.78 is 34.2. The average Bonchev–Trinajstić information content (AvgIpc) is 3.24. The summed E-state index contributed by atoms with van der Waals surface area (Å²) in [5.74, 6) is -5.54. The van der Waals surface area contributed by atoms with Crippen molar-refractivity contribution < 1.29 is 98.7 Å². The molecule has 2 aliphatic heterocycles. The fourth-order valence-electron chi connectivity index (χ4n) is 14.3. The van der Waals surface area contributed by atoms with Crippen LogP contribution < -0.4 is 0 Å². The Morgan fingerprint density at radius 1 is 0.776 bits per heavy atom. The number of ether oxygens (including phenoxy) is 6. The minimum absolute atomic E-state index is 0.0494. The van der Waals surface area contributed by atoms with E-state index in [2.05, 4.69) is 54.5 Å². The van der Waals surface area contributed by atoms with Gasteiger partial charge in [-0.2, -0.15) is 0 Å². The van der Waals surface area contributed by atoms with Crippen molar-refractivity contribution in [2.24, 2.45) is 50.2 Å². The molecule has 20 nitrogen and oxygen atoms in total. The van der Waals surface area contributed by atoms with Crippen molar-refractivity contribution in [3.8, 4) is 0 Å². The Balaban J connectivity index is 1.13. The van der Waals surface area contributed by atoms with Gasteiger partial charge in [0, 0.05) is 0 Å². The summed E-state index contributed by atoms with van der Waals surface area (Å²) in [5.41, 5.74) is -1.20. The maximum absolute atomic E-state index is 14.7. The zero-order valence-corrected chi connectivity index (χ0v) is 39.4. The summed E-state index contributed by atoms with van der Waals surface area (Å²) in [7, 11) is 0. The summed E-state index contributed by atoms with van der Waals surface area (Å²) in [5, 5.41) is 103. The summed E-state index contributed by atoms with van der Waals surface area (Å²) in [6, 6.07) is 0. The van der Waals surface area contributed by atoms with E-state index in [9.17, 15) is 65.1 Å². The van der Waals surface area contributed by atoms with E-state index in [1.165, 1.54) is 5.57 Å². The standard InChI is InChI=1S/C47H72O20/c1-42(2)14-16-47(41(61)67-39-30(53)29(52)28(51)23(19-48)63-39)17-15-45(6)21(22(47)18-42)8-9-25-44(5)12-11-26(43(3,4)24(44)10-13-46(25,45)7)64-40-32(55)34(31(54)35(66-40)37(59)60)65-38(33(56)36(57)58)62-20-27(49)50/h8,22-26,28-35,38-40,48,51-56H,9-20H2,1-7H3,(H,49,50)(H,57,58)(H,59,60). The average molecular weight is 957 g/mol. The van der Waals surface area contributed by atoms with Crippen molar-refractivity contribution in [1.29, 1.82) is 0 Å². The van der Waals surface area contributed by atoms with Crippen LogP contribution in [0.1, 0.15) is 113 Å². The Bertz CT molecular complexity index is 1920. The van der Waals surface area contributed by atoms with Crippen LogP contribution in [0.2, 0.25) is 0 Å². The predicted octanol–water partition coefficient (Wildman–Crippen LogP) is 1.31. The highest BCUT2D eigenvalue weighted by molar-refractivity contribution is 5.79. The van der Waals surface area contributed by atoms with Gasteiger partial charge in [-0.1, -0.05) is 60.1 Å². The lowest BCUT2D eigenvalue weighted by Crippen LogP contribution is -2.66. The second-order valence-corrected chi connectivity index (χ2v) is 22.7. The van der Waals surface area contributed by atoms with Crippen LogP contribution in [0.3, 0.4) is 0 Å². The number of hydrogen-bond donors (Lipinski definition) is 10. The van der Waals surface area contributed by atoms with Crippen LogP contribution in [0.4, 0.5) is 0 Å². The molecule has 0 radical (unpaired) electrons. The van der Waals surface area contributed by atoms with Gasteiger partial charge in [-0.25, -0.2) is 14.4 Å². The molecule has 0 bridgehead atoms. The van der Waals surface area contributed by atoms with Crippen molar-refractivity contribution >= 4 is 23.9 Å². The molecule has 0 aromatic rings. The second kappa shape index (κ2) is 18.4. The predicted molar refractivity (Wildman–Crippen MR) is 228 cm³/mol. The van der Waals surface area contributed by atoms with E-state index < -0.39 is 128 Å². The van der Waals surface area contributed by atoms with Gasteiger partial charge in [-0.05, 0) is 109 Å². The molecule has 0 spiro atoms. The SMILES string of the molecule is CC1(C)CCC2(C(=O)OC3OC(CO)C(O)C(O)C3O)CCC3(C)C(=CCC4C5(C)CCC(OC6OC(C(=O)O)C(O)C(OC(OCC(=O)O)C(O)C(=O)O)C6O)C(C)(C)C5CCC43C)C2C1. The first-order valence-corrected chi connectivity index (χ1v) is 23.6. The van der Waals surface area contributed by atoms with Crippen molar-refractivity contribution in [1.82, 2.24) is 0 Å². The Morgan fingerprint density at radius 3 is 2.07 bits per heavy atom. The first-order valence-electron chi connectivity index (χ1n) is 23.6. The highest BCUT2D eigenvalue weighted by atomic mass is 16.7. The van der Waals surface area contributed by atoms with Gasteiger partial charge in [0.2, 0.25) is 12.4 Å². The molecule has 5 aliphatic carbocycles. The van der Waals surface area contributed by atoms with E-state index >= 15 is 0 Å². The van der Waals surface area contributed by atoms with Crippen LogP contribution in [-0.4, -0.2) is 168 Å². The van der Waals surface area contributed by atoms with Crippen molar-refractivity contribution in [2.45, 2.75) is 193 Å². The molecule has 7 rings (SSSR count). The lowest BCUT2D eigenvalue weighted by Gasteiger charge is -2.71. The number of carbonyl (C=O) groups is 4. The second-order valence-electron chi connectivity index (χ2n) is 22.7. The summed E-state index contributed by atoms with van der Waals surface area (Å²) in [4.78, 5) is 49.9. The molecule has 10 N–H and O–H groups in total. The van der Waals surface area contributed by atoms with Gasteiger partial charge < -0.3 is 79.5 Å². The molecule has 20 heteroatoms. The van der Waals surface area contributed by atoms with Crippen molar-refractivity contribution in [2.75, 3.05) is 13.2 Å². The van der Waals surface area contributed by atoms with Crippen LogP contribution in [0.5, 0.6) is 0 Å². The van der Waals surface area contributed by atoms with Gasteiger partial charge in [0.15, 0.2) is 18.7 Å². The van der Waals surface area contributed by atoms with E-state index in [0.717, 1.165) is 32.1 Å². The number of aliphatic hydroxyl groups excluding tert-OH is 7. The molecule has 6 fully saturated rings. The quantitative estimate of drug-likeness (QED) is 0.0538. The Labute approximate surface area is 389 Å². The summed E-state index contributed by atoms with van der Waals surface area (Å²) >= 11 is 0. The van der Waals surface area contributed by atoms with Gasteiger partial charge in [-0.15, -0.1) is 0 Å². The van der Waals surface area contributed by atoms with Gasteiger partial charge in [0.25, 0.3) is 0 Å². The van der Waals surface area contributed by atoms with E-state index in [0.29, 0.717) is 32.1 Å². The number of carboxylic acids is 3. The topological polar surface area (TPSA) is 326 Å². The number of carboxylic acid groups (broad SMARTS) is 3. The van der Waals surface area contributed by atoms with Gasteiger partial charge in [-0.3, -0.25) is 4.79 Å². The molecule has 0 aromatic heterocycles. The number of hydrogen-bond acceptors (Lipinski definition) is 17. The molecule has 4 saturated carbocycles. The largest absolute Gasteiger partial charge is 0.480 e. The number of fused-ring (bicyclic) bond motifs is 7. The number of allylic oxidation sites excluding steroid dienone is 2.